The van der Waals surface area contributed by atoms with Crippen molar-refractivity contribution in [1.29, 1.82) is 0 Å². The number of carbonyl (C=O) groups excluding carboxylic acids is 2. The van der Waals surface area contributed by atoms with Gasteiger partial charge < -0.3 is 9.80 Å². The minimum absolute atomic E-state index is 0.0925. The van der Waals surface area contributed by atoms with Gasteiger partial charge in [0.25, 0.3) is 5.91 Å². The summed E-state index contributed by atoms with van der Waals surface area (Å²) in [6, 6.07) is 3.13. The Morgan fingerprint density at radius 2 is 2.04 bits per heavy atom. The van der Waals surface area contributed by atoms with Crippen LogP contribution in [0.1, 0.15) is 20.0 Å². The largest absolute Gasteiger partial charge is 0.325 e. The molecule has 0 spiro atoms. The molecule has 1 N–H and O–H groups in total. The summed E-state index contributed by atoms with van der Waals surface area (Å²) in [5.74, 6) is -0.149. The van der Waals surface area contributed by atoms with E-state index in [9.17, 15) is 14.0 Å². The molecule has 4 rings (SSSR count). The second-order valence-electron chi connectivity index (χ2n) is 7.10. The minimum atomic E-state index is -0.694. The predicted molar refractivity (Wildman–Crippen MR) is 96.7 cm³/mol. The predicted octanol–water partition coefficient (Wildman–Crippen LogP) is 2.26. The van der Waals surface area contributed by atoms with Crippen LogP contribution >= 0.6 is 11.6 Å². The molecule has 27 heavy (non-hydrogen) atoms. The number of urea groups is 1. The zero-order valence-electron chi connectivity index (χ0n) is 15.0. The second kappa shape index (κ2) is 6.19. The molecule has 0 bridgehead atoms. The Bertz CT molecular complexity index is 925. The van der Waals surface area contributed by atoms with Crippen LogP contribution in [0.3, 0.4) is 0 Å². The number of nitrogens with zero attached hydrogens (tertiary/aromatic N) is 5. The van der Waals surface area contributed by atoms with E-state index in [1.807, 2.05) is 13.8 Å². The first-order chi connectivity index (χ1) is 12.8. The summed E-state index contributed by atoms with van der Waals surface area (Å²) < 4.78 is 16.1. The van der Waals surface area contributed by atoms with E-state index in [1.54, 1.807) is 22.6 Å². The fourth-order valence-corrected chi connectivity index (χ4v) is 3.92. The molecule has 10 heteroatoms. The highest BCUT2D eigenvalue weighted by Crippen LogP contribution is 2.42. The smallest absolute Gasteiger partial charge is 0.325 e. The highest BCUT2D eigenvalue weighted by Gasteiger charge is 2.52. The Kier molecular flexibility index (Phi) is 4.06. The third kappa shape index (κ3) is 2.56. The summed E-state index contributed by atoms with van der Waals surface area (Å²) in [5.41, 5.74) is 0.0925. The molecule has 3 amide bonds. The lowest BCUT2D eigenvalue weighted by Crippen LogP contribution is -2.61. The van der Waals surface area contributed by atoms with Gasteiger partial charge in [-0.1, -0.05) is 31.5 Å². The van der Waals surface area contributed by atoms with Crippen molar-refractivity contribution in [3.63, 3.8) is 0 Å². The number of fused-ring (bicyclic) bond motifs is 3. The van der Waals surface area contributed by atoms with Crippen molar-refractivity contribution in [1.82, 2.24) is 25.0 Å². The first kappa shape index (κ1) is 17.7. The summed E-state index contributed by atoms with van der Waals surface area (Å²) in [7, 11) is 1.58. The molecule has 0 saturated carbocycles. The average molecular weight is 393 g/mol. The monoisotopic (exact) mass is 392 g/mol. The maximum absolute atomic E-state index is 14.5. The van der Waals surface area contributed by atoms with Crippen molar-refractivity contribution in [3.05, 3.63) is 29.0 Å². The van der Waals surface area contributed by atoms with Crippen molar-refractivity contribution >= 4 is 29.5 Å². The van der Waals surface area contributed by atoms with Gasteiger partial charge in [-0.2, -0.15) is 0 Å². The van der Waals surface area contributed by atoms with Gasteiger partial charge in [-0.15, -0.1) is 10.2 Å². The highest BCUT2D eigenvalue weighted by molar-refractivity contribution is 6.33. The SMILES string of the molecule is CC(C)CN1c2nnc(-c3c(F)cccc3Cl)n2C2C1C(=O)NC(=O)N2C. The summed E-state index contributed by atoms with van der Waals surface area (Å²) in [6.07, 6.45) is -0.694. The van der Waals surface area contributed by atoms with E-state index >= 15 is 0 Å². The maximum atomic E-state index is 14.5. The molecular formula is C17H18ClFN6O2. The third-order valence-electron chi connectivity index (χ3n) is 4.78. The lowest BCUT2D eigenvalue weighted by molar-refractivity contribution is -0.124. The number of hydrogen-bond donors (Lipinski definition) is 1. The number of likely N-dealkylation sites (N-methyl/N-ethyl adjacent to an activating group) is 1. The van der Waals surface area contributed by atoms with Gasteiger partial charge in [0.2, 0.25) is 5.95 Å². The number of anilines is 1. The van der Waals surface area contributed by atoms with Crippen LogP contribution in [-0.2, 0) is 4.79 Å². The quantitative estimate of drug-likeness (QED) is 0.866. The zero-order chi connectivity index (χ0) is 19.5. The number of rotatable bonds is 3. The summed E-state index contributed by atoms with van der Waals surface area (Å²) in [4.78, 5) is 28.0. The molecule has 2 atom stereocenters. The summed E-state index contributed by atoms with van der Waals surface area (Å²) >= 11 is 6.22. The molecule has 1 aromatic heterocycles. The molecule has 2 aliphatic rings. The molecule has 3 heterocycles. The number of amides is 3. The lowest BCUT2D eigenvalue weighted by atomic mass is 10.1. The normalized spacial score (nSPS) is 21.6. The standard InChI is InChI=1S/C17H18ClFN6O2/c1-8(2)7-24-12-14(26)20-17(27)23(3)15(12)25-13(21-22-16(24)25)11-9(18)5-4-6-10(11)19/h4-6,8,12,15H,7H2,1-3H3,(H,20,26,27). The molecule has 2 aliphatic heterocycles. The number of nitrogens with one attached hydrogen (secondary N) is 1. The third-order valence-corrected chi connectivity index (χ3v) is 5.10. The molecule has 0 aliphatic carbocycles. The van der Waals surface area contributed by atoms with Crippen LogP contribution in [0, 0.1) is 11.7 Å². The van der Waals surface area contributed by atoms with Gasteiger partial charge in [-0.05, 0) is 18.1 Å². The van der Waals surface area contributed by atoms with Gasteiger partial charge in [0.15, 0.2) is 11.9 Å². The van der Waals surface area contributed by atoms with Crippen LogP contribution < -0.4 is 10.2 Å². The molecule has 142 valence electrons. The van der Waals surface area contributed by atoms with Crippen LogP contribution in [0.5, 0.6) is 0 Å². The van der Waals surface area contributed by atoms with E-state index in [0.717, 1.165) is 0 Å². The first-order valence-corrected chi connectivity index (χ1v) is 8.92. The van der Waals surface area contributed by atoms with E-state index in [2.05, 4.69) is 15.5 Å². The van der Waals surface area contributed by atoms with Gasteiger partial charge in [0, 0.05) is 13.6 Å². The van der Waals surface area contributed by atoms with Crippen LogP contribution in [0.2, 0.25) is 5.02 Å². The molecule has 8 nitrogen and oxygen atoms in total. The molecule has 1 fully saturated rings. The van der Waals surface area contributed by atoms with E-state index in [0.29, 0.717) is 12.5 Å². The lowest BCUT2D eigenvalue weighted by Gasteiger charge is -2.37. The first-order valence-electron chi connectivity index (χ1n) is 8.54. The molecule has 1 saturated heterocycles. The molecule has 1 aromatic carbocycles. The topological polar surface area (TPSA) is 83.4 Å². The van der Waals surface area contributed by atoms with Gasteiger partial charge >= 0.3 is 6.03 Å². The number of carbonyl (C=O) groups is 2. The van der Waals surface area contributed by atoms with Crippen LogP contribution in [0.25, 0.3) is 11.4 Å². The Balaban J connectivity index is 1.93. The van der Waals surface area contributed by atoms with Gasteiger partial charge in [0.1, 0.15) is 12.0 Å². The molecule has 2 unspecified atom stereocenters. The number of imide groups is 1. The van der Waals surface area contributed by atoms with E-state index in [4.69, 9.17) is 11.6 Å². The Labute approximate surface area is 159 Å². The Morgan fingerprint density at radius 3 is 2.70 bits per heavy atom. The fourth-order valence-electron chi connectivity index (χ4n) is 3.67. The van der Waals surface area contributed by atoms with Crippen LogP contribution in [0.15, 0.2) is 18.2 Å². The number of aromatic nitrogens is 3. The van der Waals surface area contributed by atoms with Gasteiger partial charge in [0.05, 0.1) is 10.6 Å². The number of halogens is 2. The van der Waals surface area contributed by atoms with Crippen molar-refractivity contribution in [2.24, 2.45) is 5.92 Å². The molecule has 0 radical (unpaired) electrons. The minimum Gasteiger partial charge on any atom is -0.325 e. The zero-order valence-corrected chi connectivity index (χ0v) is 15.7. The van der Waals surface area contributed by atoms with Crippen molar-refractivity contribution in [2.75, 3.05) is 18.5 Å². The summed E-state index contributed by atoms with van der Waals surface area (Å²) in [5, 5.41) is 10.9. The maximum Gasteiger partial charge on any atom is 0.325 e. The van der Waals surface area contributed by atoms with Crippen molar-refractivity contribution in [3.8, 4) is 11.4 Å². The van der Waals surface area contributed by atoms with Crippen molar-refractivity contribution < 1.29 is 14.0 Å². The Morgan fingerprint density at radius 1 is 1.30 bits per heavy atom. The number of hydrogen-bond acceptors (Lipinski definition) is 5. The van der Waals surface area contributed by atoms with E-state index < -0.39 is 30.0 Å². The van der Waals surface area contributed by atoms with Crippen LogP contribution in [-0.4, -0.2) is 51.2 Å². The average Bonchev–Trinajstić information content (AvgIpc) is 3.12. The highest BCUT2D eigenvalue weighted by atomic mass is 35.5. The van der Waals surface area contributed by atoms with E-state index in [1.165, 1.54) is 17.0 Å². The Hall–Kier alpha value is -2.68. The fraction of sp³-hybridized carbons (Fsp3) is 0.412. The summed E-state index contributed by atoms with van der Waals surface area (Å²) in [6.45, 7) is 4.55. The molecular weight excluding hydrogens is 375 g/mol. The number of benzene rings is 1. The van der Waals surface area contributed by atoms with Gasteiger partial charge in [-0.25, -0.2) is 9.18 Å². The van der Waals surface area contributed by atoms with Crippen molar-refractivity contribution in [2.45, 2.75) is 26.1 Å². The molecule has 2 aromatic rings. The van der Waals surface area contributed by atoms with E-state index in [-0.39, 0.29) is 22.3 Å². The van der Waals surface area contributed by atoms with Crippen LogP contribution in [0.4, 0.5) is 15.1 Å². The second-order valence-corrected chi connectivity index (χ2v) is 7.51. The van der Waals surface area contributed by atoms with Gasteiger partial charge in [-0.3, -0.25) is 14.7 Å².